The lowest BCUT2D eigenvalue weighted by molar-refractivity contribution is 0.600. The molecule has 0 aliphatic carbocycles. The maximum absolute atomic E-state index is 12.7. The molecular weight excluding hydrogens is 418 g/mol. The molecule has 0 saturated heterocycles. The molecule has 0 aliphatic rings. The van der Waals surface area contributed by atoms with Crippen molar-refractivity contribution in [2.75, 3.05) is 4.72 Å². The molecule has 0 saturated carbocycles. The molecule has 0 radical (unpaired) electrons. The lowest BCUT2D eigenvalue weighted by atomic mass is 10.1. The fourth-order valence-corrected chi connectivity index (χ4v) is 5.38. The largest absolute Gasteiger partial charge is 0.280 e. The molecule has 3 nitrogen and oxygen atoms in total. The minimum atomic E-state index is -3.66. The van der Waals surface area contributed by atoms with E-state index in [4.69, 9.17) is 0 Å². The van der Waals surface area contributed by atoms with E-state index in [1.807, 2.05) is 26.8 Å². The lowest BCUT2D eigenvalue weighted by Crippen LogP contribution is -2.16. The summed E-state index contributed by atoms with van der Waals surface area (Å²) < 4.78 is 29.3. The van der Waals surface area contributed by atoms with Crippen LogP contribution in [0.1, 0.15) is 16.7 Å². The molecule has 0 aliphatic heterocycles. The van der Waals surface area contributed by atoms with E-state index in [1.165, 1.54) is 0 Å². The summed E-state index contributed by atoms with van der Waals surface area (Å²) in [5, 5.41) is 0. The average molecular weight is 433 g/mol. The van der Waals surface area contributed by atoms with E-state index in [-0.39, 0.29) is 4.90 Å². The summed E-state index contributed by atoms with van der Waals surface area (Å²) in [6.45, 7) is 5.70. The molecule has 0 unspecified atom stereocenters. The number of nitrogens with one attached hydrogen (secondary N) is 1. The van der Waals surface area contributed by atoms with Crippen molar-refractivity contribution in [1.29, 1.82) is 0 Å². The second kappa shape index (κ2) is 6.10. The van der Waals surface area contributed by atoms with Gasteiger partial charge in [0.05, 0.1) is 4.47 Å². The van der Waals surface area contributed by atoms with E-state index < -0.39 is 10.0 Å². The van der Waals surface area contributed by atoms with Crippen LogP contribution in [0.3, 0.4) is 0 Å². The minimum Gasteiger partial charge on any atom is -0.280 e. The van der Waals surface area contributed by atoms with E-state index in [2.05, 4.69) is 36.6 Å². The van der Waals surface area contributed by atoms with Crippen molar-refractivity contribution in [1.82, 2.24) is 0 Å². The zero-order valence-electron chi connectivity index (χ0n) is 11.9. The molecule has 0 amide bonds. The fourth-order valence-electron chi connectivity index (χ4n) is 2.08. The van der Waals surface area contributed by atoms with Gasteiger partial charge in [-0.25, -0.2) is 8.42 Å². The third-order valence-corrected chi connectivity index (χ3v) is 7.61. The first-order valence-corrected chi connectivity index (χ1v) is 9.35. The highest BCUT2D eigenvalue weighted by atomic mass is 79.9. The van der Waals surface area contributed by atoms with Crippen LogP contribution >= 0.6 is 31.9 Å². The Bertz CT molecular complexity index is 758. The van der Waals surface area contributed by atoms with Gasteiger partial charge in [-0.05, 0) is 81.5 Å². The summed E-state index contributed by atoms with van der Waals surface area (Å²) in [7, 11) is -3.66. The highest BCUT2D eigenvalue weighted by Crippen LogP contribution is 2.38. The number of benzene rings is 2. The first-order valence-electron chi connectivity index (χ1n) is 6.28. The molecule has 112 valence electrons. The maximum Gasteiger partial charge on any atom is 0.263 e. The Labute approximate surface area is 142 Å². The first-order chi connectivity index (χ1) is 9.75. The summed E-state index contributed by atoms with van der Waals surface area (Å²) in [4.78, 5) is 0.265. The number of hydrogen-bond acceptors (Lipinski definition) is 2. The van der Waals surface area contributed by atoms with Gasteiger partial charge in [-0.3, -0.25) is 4.72 Å². The Kier molecular flexibility index (Phi) is 4.80. The Morgan fingerprint density at radius 1 is 0.857 bits per heavy atom. The summed E-state index contributed by atoms with van der Waals surface area (Å²) in [5.74, 6) is 0. The van der Waals surface area contributed by atoms with E-state index in [0.717, 1.165) is 21.2 Å². The summed E-state index contributed by atoms with van der Waals surface area (Å²) >= 11 is 6.85. The van der Waals surface area contributed by atoms with E-state index >= 15 is 0 Å². The Balaban J connectivity index is 2.61. The van der Waals surface area contributed by atoms with Crippen molar-refractivity contribution in [3.05, 3.63) is 56.0 Å². The molecule has 6 heteroatoms. The number of sulfonamides is 1. The average Bonchev–Trinajstić information content (AvgIpc) is 2.43. The molecule has 0 heterocycles. The van der Waals surface area contributed by atoms with Crippen LogP contribution in [0.5, 0.6) is 0 Å². The molecule has 2 rings (SSSR count). The third-order valence-electron chi connectivity index (χ3n) is 3.48. The van der Waals surface area contributed by atoms with Gasteiger partial charge >= 0.3 is 0 Å². The van der Waals surface area contributed by atoms with Crippen LogP contribution in [0.25, 0.3) is 0 Å². The summed E-state index contributed by atoms with van der Waals surface area (Å²) in [5.41, 5.74) is 3.26. The molecule has 0 bridgehead atoms. The Morgan fingerprint density at radius 3 is 2.00 bits per heavy atom. The molecular formula is C15H15Br2NO2S. The molecule has 1 N–H and O–H groups in total. The van der Waals surface area contributed by atoms with Crippen molar-refractivity contribution in [3.8, 4) is 0 Å². The number of rotatable bonds is 3. The van der Waals surface area contributed by atoms with E-state index in [0.29, 0.717) is 10.2 Å². The normalized spacial score (nSPS) is 11.5. The topological polar surface area (TPSA) is 46.2 Å². The van der Waals surface area contributed by atoms with Crippen LogP contribution in [-0.4, -0.2) is 8.42 Å². The lowest BCUT2D eigenvalue weighted by Gasteiger charge is -2.17. The maximum atomic E-state index is 12.7. The first kappa shape index (κ1) is 16.5. The van der Waals surface area contributed by atoms with Crippen LogP contribution in [-0.2, 0) is 10.0 Å². The van der Waals surface area contributed by atoms with Crippen molar-refractivity contribution < 1.29 is 8.42 Å². The monoisotopic (exact) mass is 431 g/mol. The zero-order valence-corrected chi connectivity index (χ0v) is 15.9. The van der Waals surface area contributed by atoms with Crippen molar-refractivity contribution >= 4 is 47.6 Å². The predicted octanol–water partition coefficient (Wildman–Crippen LogP) is 4.94. The highest BCUT2D eigenvalue weighted by molar-refractivity contribution is 9.13. The molecule has 0 atom stereocenters. The van der Waals surface area contributed by atoms with Gasteiger partial charge in [0.1, 0.15) is 4.90 Å². The molecule has 2 aromatic carbocycles. The van der Waals surface area contributed by atoms with Gasteiger partial charge in [0.25, 0.3) is 10.0 Å². The van der Waals surface area contributed by atoms with Crippen LogP contribution in [0, 0.1) is 20.8 Å². The van der Waals surface area contributed by atoms with Crippen LogP contribution in [0.15, 0.2) is 44.2 Å². The Hall–Kier alpha value is -0.850. The van der Waals surface area contributed by atoms with Gasteiger partial charge in [0, 0.05) is 10.2 Å². The van der Waals surface area contributed by atoms with Gasteiger partial charge in [-0.15, -0.1) is 0 Å². The van der Waals surface area contributed by atoms with Crippen LogP contribution in [0.2, 0.25) is 0 Å². The van der Waals surface area contributed by atoms with Gasteiger partial charge in [-0.2, -0.15) is 0 Å². The standard InChI is InChI=1S/C15H15Br2NO2S/c1-9-10(2)13(16)14(17)15(11(9)3)21(19,20)18-12-7-5-4-6-8-12/h4-8,18H,1-3H3. The minimum absolute atomic E-state index is 0.265. The number of halogens is 2. The Morgan fingerprint density at radius 2 is 1.43 bits per heavy atom. The van der Waals surface area contributed by atoms with Crippen LogP contribution in [0.4, 0.5) is 5.69 Å². The van der Waals surface area contributed by atoms with Gasteiger partial charge in [0.15, 0.2) is 0 Å². The molecule has 0 fully saturated rings. The summed E-state index contributed by atoms with van der Waals surface area (Å²) in [6, 6.07) is 8.85. The van der Waals surface area contributed by atoms with Gasteiger partial charge in [-0.1, -0.05) is 18.2 Å². The zero-order chi connectivity index (χ0) is 15.8. The molecule has 21 heavy (non-hydrogen) atoms. The van der Waals surface area contributed by atoms with Gasteiger partial charge < -0.3 is 0 Å². The highest BCUT2D eigenvalue weighted by Gasteiger charge is 2.25. The predicted molar refractivity (Wildman–Crippen MR) is 93.3 cm³/mol. The number of para-hydroxylation sites is 1. The molecule has 0 spiro atoms. The smallest absolute Gasteiger partial charge is 0.263 e. The number of hydrogen-bond donors (Lipinski definition) is 1. The van der Waals surface area contributed by atoms with E-state index in [1.54, 1.807) is 24.3 Å². The third kappa shape index (κ3) is 3.17. The van der Waals surface area contributed by atoms with E-state index in [9.17, 15) is 8.42 Å². The van der Waals surface area contributed by atoms with Crippen molar-refractivity contribution in [2.45, 2.75) is 25.7 Å². The molecule has 0 aromatic heterocycles. The van der Waals surface area contributed by atoms with Gasteiger partial charge in [0.2, 0.25) is 0 Å². The SMILES string of the molecule is Cc1c(C)c(Br)c(Br)c(S(=O)(=O)Nc2ccccc2)c1C. The van der Waals surface area contributed by atoms with Crippen molar-refractivity contribution in [3.63, 3.8) is 0 Å². The quantitative estimate of drug-likeness (QED) is 0.746. The molecule has 2 aromatic rings. The second-order valence-corrected chi connectivity index (χ2v) is 8.01. The fraction of sp³-hybridized carbons (Fsp3) is 0.200. The second-order valence-electron chi connectivity index (χ2n) is 4.80. The van der Waals surface area contributed by atoms with Crippen molar-refractivity contribution in [2.24, 2.45) is 0 Å². The van der Waals surface area contributed by atoms with Crippen LogP contribution < -0.4 is 4.72 Å². The summed E-state index contributed by atoms with van der Waals surface area (Å²) in [6.07, 6.45) is 0. The number of anilines is 1.